The van der Waals surface area contributed by atoms with Crippen LogP contribution in [0.3, 0.4) is 0 Å². The van der Waals surface area contributed by atoms with Gasteiger partial charge in [0.1, 0.15) is 0 Å². The van der Waals surface area contributed by atoms with Gasteiger partial charge < -0.3 is 4.74 Å². The third kappa shape index (κ3) is 3.44. The lowest BCUT2D eigenvalue weighted by Crippen LogP contribution is -2.63. The SMILES string of the molecule is COC(=O)N1C[N+]2(C)C(=CC(=O)N2C)N=C1S(=O)(=O)Nc1c(Cl)ccc(C)c1Cl. The number of rotatable bonds is 2. The molecule has 0 spiro atoms. The van der Waals surface area contributed by atoms with Crippen LogP contribution >= 0.6 is 23.2 Å². The number of carbonyl (C=O) groups excluding carboxylic acids is 2. The van der Waals surface area contributed by atoms with E-state index < -0.39 is 21.3 Å². The minimum absolute atomic E-state index is 0.0442. The number of aliphatic imine (C=N–C) groups is 1. The minimum Gasteiger partial charge on any atom is -0.452 e. The van der Waals surface area contributed by atoms with Crippen LogP contribution in [0.25, 0.3) is 0 Å². The number of nitrogens with zero attached hydrogens (tertiary/aromatic N) is 4. The summed E-state index contributed by atoms with van der Waals surface area (Å²) in [6.45, 7) is 1.46. The first-order chi connectivity index (χ1) is 13.4. The number of likely N-dealkylation sites (N-methyl/N-ethyl adjacent to an activating group) is 1. The molecule has 1 aromatic carbocycles. The fourth-order valence-electron chi connectivity index (χ4n) is 2.90. The minimum atomic E-state index is -4.43. The first kappa shape index (κ1) is 21.4. The zero-order chi connectivity index (χ0) is 21.7. The molecule has 1 aromatic rings. The van der Waals surface area contributed by atoms with Crippen molar-refractivity contribution in [3.8, 4) is 0 Å². The van der Waals surface area contributed by atoms with Gasteiger partial charge in [0.05, 0.1) is 43.0 Å². The third-order valence-corrected chi connectivity index (χ3v) is 6.81. The van der Waals surface area contributed by atoms with Crippen molar-refractivity contribution in [2.75, 3.05) is 32.6 Å². The number of sulfonamides is 1. The number of halogens is 2. The molecule has 2 heterocycles. The highest BCUT2D eigenvalue weighted by Crippen LogP contribution is 2.36. The molecule has 10 nitrogen and oxygen atoms in total. The van der Waals surface area contributed by atoms with Gasteiger partial charge in [0, 0.05) is 0 Å². The number of quaternary nitrogens is 1. The number of anilines is 1. The summed E-state index contributed by atoms with van der Waals surface area (Å²) in [6.07, 6.45) is 0.248. The predicted molar refractivity (Wildman–Crippen MR) is 107 cm³/mol. The van der Waals surface area contributed by atoms with Gasteiger partial charge in [0.25, 0.3) is 26.9 Å². The van der Waals surface area contributed by atoms with Gasteiger partial charge in [0.15, 0.2) is 6.67 Å². The quantitative estimate of drug-likeness (QED) is 0.676. The van der Waals surface area contributed by atoms with Gasteiger partial charge in [-0.2, -0.15) is 27.9 Å². The summed E-state index contributed by atoms with van der Waals surface area (Å²) in [4.78, 5) is 29.3. The maximum atomic E-state index is 13.1. The predicted octanol–water partition coefficient (Wildman–Crippen LogP) is 2.11. The van der Waals surface area contributed by atoms with Crippen molar-refractivity contribution in [3.63, 3.8) is 0 Å². The molecule has 2 aliphatic rings. The molecule has 1 unspecified atom stereocenters. The van der Waals surface area contributed by atoms with Crippen molar-refractivity contribution >= 4 is 56.1 Å². The Bertz CT molecular complexity index is 1090. The van der Waals surface area contributed by atoms with Crippen molar-refractivity contribution in [2.24, 2.45) is 4.99 Å². The van der Waals surface area contributed by atoms with Crippen molar-refractivity contribution in [3.05, 3.63) is 39.6 Å². The highest BCUT2D eigenvalue weighted by Gasteiger charge is 2.52. The van der Waals surface area contributed by atoms with Crippen LogP contribution in [0.4, 0.5) is 10.5 Å². The second-order valence-corrected chi connectivity index (χ2v) is 8.96. The van der Waals surface area contributed by atoms with Gasteiger partial charge in [-0.3, -0.25) is 9.52 Å². The van der Waals surface area contributed by atoms with Crippen molar-refractivity contribution < 1.29 is 27.3 Å². The molecule has 1 N–H and O–H groups in total. The second kappa shape index (κ2) is 7.17. The van der Waals surface area contributed by atoms with Gasteiger partial charge in [-0.25, -0.2) is 4.79 Å². The maximum Gasteiger partial charge on any atom is 0.420 e. The molecule has 29 heavy (non-hydrogen) atoms. The van der Waals surface area contributed by atoms with Crippen LogP contribution in [0.2, 0.25) is 10.0 Å². The number of amides is 2. The molecular formula is C16H18Cl2N5O5S+. The smallest absolute Gasteiger partial charge is 0.420 e. The van der Waals surface area contributed by atoms with E-state index in [0.717, 1.165) is 12.0 Å². The summed E-state index contributed by atoms with van der Waals surface area (Å²) in [5.74, 6) is -0.230. The number of fused-ring (bicyclic) bond motifs is 1. The van der Waals surface area contributed by atoms with Crippen LogP contribution in [-0.2, 0) is 19.6 Å². The molecule has 0 radical (unpaired) electrons. The Kier molecular flexibility index (Phi) is 5.28. The first-order valence-corrected chi connectivity index (χ1v) is 10.4. The molecule has 156 valence electrons. The lowest BCUT2D eigenvalue weighted by Gasteiger charge is -2.40. The molecule has 0 saturated carbocycles. The summed E-state index contributed by atoms with van der Waals surface area (Å²) in [5.41, 5.74) is 0.552. The lowest BCUT2D eigenvalue weighted by molar-refractivity contribution is -0.974. The Balaban J connectivity index is 2.12. The number of hydrogen-bond donors (Lipinski definition) is 1. The Labute approximate surface area is 177 Å². The van der Waals surface area contributed by atoms with E-state index in [4.69, 9.17) is 27.9 Å². The Hall–Kier alpha value is -2.34. The van der Waals surface area contributed by atoms with Crippen LogP contribution in [0, 0.1) is 6.92 Å². The highest BCUT2D eigenvalue weighted by atomic mass is 35.5. The number of ether oxygens (including phenoxy) is 1. The second-order valence-electron chi connectivity index (χ2n) is 6.60. The van der Waals surface area contributed by atoms with Crippen LogP contribution < -0.4 is 4.72 Å². The summed E-state index contributed by atoms with van der Waals surface area (Å²) in [7, 11) is -0.191. The fourth-order valence-corrected chi connectivity index (χ4v) is 4.68. The van der Waals surface area contributed by atoms with Gasteiger partial charge in [-0.05, 0) is 18.6 Å². The summed E-state index contributed by atoms with van der Waals surface area (Å²) in [5, 5.41) is 0.862. The lowest BCUT2D eigenvalue weighted by atomic mass is 10.2. The van der Waals surface area contributed by atoms with E-state index in [0.29, 0.717) is 5.56 Å². The number of nitrogens with one attached hydrogen (secondary N) is 1. The Morgan fingerprint density at radius 2 is 2.00 bits per heavy atom. The molecule has 3 rings (SSSR count). The largest absolute Gasteiger partial charge is 0.452 e. The first-order valence-electron chi connectivity index (χ1n) is 8.20. The van der Waals surface area contributed by atoms with Crippen molar-refractivity contribution in [2.45, 2.75) is 6.92 Å². The number of aryl methyl sites for hydroxylation is 1. The van der Waals surface area contributed by atoms with Crippen LogP contribution in [-0.4, -0.2) is 68.0 Å². The van der Waals surface area contributed by atoms with E-state index in [1.54, 1.807) is 20.0 Å². The van der Waals surface area contributed by atoms with Gasteiger partial charge in [-0.1, -0.05) is 29.3 Å². The van der Waals surface area contributed by atoms with Crippen molar-refractivity contribution in [1.82, 2.24) is 9.91 Å². The third-order valence-electron chi connectivity index (χ3n) is 4.74. The van der Waals surface area contributed by atoms with E-state index in [9.17, 15) is 18.0 Å². The molecule has 0 saturated heterocycles. The topological polar surface area (TPSA) is 108 Å². The van der Waals surface area contributed by atoms with Crippen LogP contribution in [0.15, 0.2) is 29.0 Å². The number of carbonyl (C=O) groups is 2. The van der Waals surface area contributed by atoms with Gasteiger partial charge in [0.2, 0.25) is 0 Å². The van der Waals surface area contributed by atoms with E-state index in [1.807, 2.05) is 0 Å². The molecular weight excluding hydrogens is 445 g/mol. The van der Waals surface area contributed by atoms with E-state index in [2.05, 4.69) is 9.71 Å². The molecule has 13 heteroatoms. The Morgan fingerprint density at radius 1 is 1.34 bits per heavy atom. The van der Waals surface area contributed by atoms with Gasteiger partial charge >= 0.3 is 6.09 Å². The zero-order valence-corrected chi connectivity index (χ0v) is 18.3. The average Bonchev–Trinajstić information content (AvgIpc) is 2.89. The van der Waals surface area contributed by atoms with Gasteiger partial charge in [-0.15, -0.1) is 0 Å². The van der Waals surface area contributed by atoms with Crippen molar-refractivity contribution in [1.29, 1.82) is 0 Å². The normalized spacial score (nSPS) is 21.5. The summed E-state index contributed by atoms with van der Waals surface area (Å²) >= 11 is 12.3. The monoisotopic (exact) mass is 462 g/mol. The van der Waals surface area contributed by atoms with E-state index in [1.165, 1.54) is 24.2 Å². The Morgan fingerprint density at radius 3 is 2.62 bits per heavy atom. The molecule has 1 atom stereocenters. The summed E-state index contributed by atoms with van der Waals surface area (Å²) < 4.78 is 33.0. The molecule has 2 aliphatic heterocycles. The number of hydrogen-bond acceptors (Lipinski definition) is 6. The van der Waals surface area contributed by atoms with E-state index >= 15 is 0 Å². The zero-order valence-electron chi connectivity index (χ0n) is 15.9. The summed E-state index contributed by atoms with van der Waals surface area (Å²) in [6, 6.07) is 3.12. The maximum absolute atomic E-state index is 13.1. The molecule has 0 aliphatic carbocycles. The fraction of sp³-hybridized carbons (Fsp3) is 0.312. The van der Waals surface area contributed by atoms with E-state index in [-0.39, 0.29) is 38.7 Å². The van der Waals surface area contributed by atoms with Crippen LogP contribution in [0.1, 0.15) is 5.56 Å². The number of amidine groups is 1. The van der Waals surface area contributed by atoms with Crippen LogP contribution in [0.5, 0.6) is 0 Å². The highest BCUT2D eigenvalue weighted by molar-refractivity contribution is 8.07. The standard InChI is InChI=1S/C16H18Cl2N5O5S/c1-9-5-6-10(17)14(13(9)18)20-29(26,27)15-19-11-7-12(24)21(2)23(11,3)8-22(15)16(25)28-4/h5-7,20H,8H2,1-4H3/q+1. The number of benzene rings is 1. The molecule has 2 amide bonds. The molecule has 0 bridgehead atoms. The average molecular weight is 463 g/mol. The number of methoxy groups -OCH3 is 1. The molecule has 0 fully saturated rings. The molecule has 0 aromatic heterocycles.